The summed E-state index contributed by atoms with van der Waals surface area (Å²) in [6.45, 7) is 4.79. The van der Waals surface area contributed by atoms with E-state index in [-0.39, 0.29) is 0 Å². The fraction of sp³-hybridized carbons (Fsp3) is 0.474. The highest BCUT2D eigenvalue weighted by Gasteiger charge is 2.27. The molecule has 0 amide bonds. The van der Waals surface area contributed by atoms with Gasteiger partial charge in [-0.1, -0.05) is 13.0 Å². The fourth-order valence-electron chi connectivity index (χ4n) is 3.68. The molecule has 0 radical (unpaired) electrons. The fourth-order valence-corrected chi connectivity index (χ4v) is 3.68. The Labute approximate surface area is 154 Å². The summed E-state index contributed by atoms with van der Waals surface area (Å²) in [4.78, 5) is 9.08. The molecule has 1 aliphatic carbocycles. The van der Waals surface area contributed by atoms with E-state index in [2.05, 4.69) is 27.5 Å². The van der Waals surface area contributed by atoms with Crippen molar-refractivity contribution in [1.29, 1.82) is 0 Å². The van der Waals surface area contributed by atoms with Crippen molar-refractivity contribution in [1.82, 2.24) is 9.97 Å². The maximum absolute atomic E-state index is 9.73. The molecule has 1 saturated carbocycles. The minimum Gasteiger partial charge on any atom is -0.423 e. The van der Waals surface area contributed by atoms with Crippen molar-refractivity contribution in [3.63, 3.8) is 0 Å². The highest BCUT2D eigenvalue weighted by molar-refractivity contribution is 6.61. The molecule has 2 aromatic rings. The van der Waals surface area contributed by atoms with Gasteiger partial charge in [0.1, 0.15) is 5.82 Å². The summed E-state index contributed by atoms with van der Waals surface area (Å²) >= 11 is 0. The average molecular weight is 352 g/mol. The average Bonchev–Trinajstić information content (AvgIpc) is 3.00. The second-order valence-electron chi connectivity index (χ2n) is 7.53. The topological polar surface area (TPSA) is 79.3 Å². The lowest BCUT2D eigenvalue weighted by Crippen LogP contribution is -2.27. The molecule has 1 fully saturated rings. The van der Waals surface area contributed by atoms with E-state index in [1.165, 1.54) is 25.7 Å². The zero-order valence-corrected chi connectivity index (χ0v) is 15.3. The van der Waals surface area contributed by atoms with Crippen molar-refractivity contribution < 1.29 is 9.68 Å². The molecule has 4 rings (SSSR count). The van der Waals surface area contributed by atoms with Crippen LogP contribution in [0.2, 0.25) is 0 Å². The van der Waals surface area contributed by atoms with Gasteiger partial charge in [0.05, 0.1) is 6.61 Å². The largest absolute Gasteiger partial charge is 0.491 e. The molecule has 1 aromatic heterocycles. The number of aromatic nitrogens is 2. The molecule has 7 heteroatoms. The van der Waals surface area contributed by atoms with Gasteiger partial charge in [-0.25, -0.2) is 4.98 Å². The van der Waals surface area contributed by atoms with E-state index in [1.807, 2.05) is 31.3 Å². The Hall–Kier alpha value is -2.12. The van der Waals surface area contributed by atoms with Gasteiger partial charge in [-0.3, -0.25) is 0 Å². The summed E-state index contributed by atoms with van der Waals surface area (Å²) in [6, 6.07) is 6.26. The van der Waals surface area contributed by atoms with Gasteiger partial charge in [0.15, 0.2) is 0 Å². The van der Waals surface area contributed by atoms with Crippen LogP contribution in [0.15, 0.2) is 24.4 Å². The summed E-state index contributed by atoms with van der Waals surface area (Å²) in [5.74, 6) is 2.31. The molecule has 136 valence electrons. The van der Waals surface area contributed by atoms with E-state index in [0.717, 1.165) is 34.0 Å². The van der Waals surface area contributed by atoms with E-state index < -0.39 is 7.12 Å². The van der Waals surface area contributed by atoms with Crippen LogP contribution in [0.1, 0.15) is 43.7 Å². The highest BCUT2D eigenvalue weighted by Crippen LogP contribution is 2.27. The number of rotatable bonds is 4. The van der Waals surface area contributed by atoms with Crippen LogP contribution in [0.5, 0.6) is 0 Å². The normalized spacial score (nSPS) is 22.2. The van der Waals surface area contributed by atoms with Gasteiger partial charge >= 0.3 is 7.12 Å². The number of nitrogens with one attached hydrogen (secondary N) is 2. The van der Waals surface area contributed by atoms with Crippen LogP contribution < -0.4 is 16.1 Å². The Balaban J connectivity index is 1.47. The molecule has 6 nitrogen and oxygen atoms in total. The molecular formula is C19H25BN4O2. The first kappa shape index (κ1) is 17.3. The predicted octanol–water partition coefficient (Wildman–Crippen LogP) is 2.74. The second-order valence-corrected chi connectivity index (χ2v) is 7.53. The molecule has 2 aliphatic rings. The zero-order chi connectivity index (χ0) is 18.1. The van der Waals surface area contributed by atoms with Crippen molar-refractivity contribution >= 4 is 30.0 Å². The molecule has 26 heavy (non-hydrogen) atoms. The van der Waals surface area contributed by atoms with Gasteiger partial charge in [0.2, 0.25) is 5.95 Å². The maximum Gasteiger partial charge on any atom is 0.491 e. The molecule has 0 unspecified atom stereocenters. The van der Waals surface area contributed by atoms with Crippen molar-refractivity contribution in [2.45, 2.75) is 52.2 Å². The summed E-state index contributed by atoms with van der Waals surface area (Å²) in [6.07, 6.45) is 6.79. The Morgan fingerprint density at radius 3 is 2.85 bits per heavy atom. The Kier molecular flexibility index (Phi) is 4.83. The van der Waals surface area contributed by atoms with Crippen LogP contribution in [0.4, 0.5) is 17.5 Å². The number of fused-ring (bicyclic) bond motifs is 1. The van der Waals surface area contributed by atoms with E-state index in [1.54, 1.807) is 0 Å². The molecule has 0 spiro atoms. The third kappa shape index (κ3) is 3.69. The monoisotopic (exact) mass is 352 g/mol. The predicted molar refractivity (Wildman–Crippen MR) is 104 cm³/mol. The minimum absolute atomic E-state index is 0.424. The standard InChI is InChI=1S/C19H25BN4O2/c1-12-3-5-15(6-4-12)22-18-13(2)10-21-19(24-18)23-16-7-8-17-14(9-16)11-26-20(17)25/h7-10,12,15,25H,3-6,11H2,1-2H3,(H2,21,22,23,24). The lowest BCUT2D eigenvalue weighted by atomic mass is 9.79. The molecular weight excluding hydrogens is 327 g/mol. The zero-order valence-electron chi connectivity index (χ0n) is 15.3. The molecule has 0 atom stereocenters. The van der Waals surface area contributed by atoms with Crippen molar-refractivity contribution in [2.24, 2.45) is 5.92 Å². The smallest absolute Gasteiger partial charge is 0.423 e. The quantitative estimate of drug-likeness (QED) is 0.735. The van der Waals surface area contributed by atoms with Gasteiger partial charge < -0.3 is 20.3 Å². The molecule has 1 aliphatic heterocycles. The number of anilines is 3. The Bertz CT molecular complexity index is 793. The molecule has 3 N–H and O–H groups in total. The molecule has 0 saturated heterocycles. The van der Waals surface area contributed by atoms with Crippen molar-refractivity contribution in [3.05, 3.63) is 35.5 Å². The first-order valence-electron chi connectivity index (χ1n) is 9.38. The number of benzene rings is 1. The first-order valence-corrected chi connectivity index (χ1v) is 9.38. The summed E-state index contributed by atoms with van der Waals surface area (Å²) in [5.41, 5.74) is 3.76. The summed E-state index contributed by atoms with van der Waals surface area (Å²) in [7, 11) is -0.816. The van der Waals surface area contributed by atoms with Gasteiger partial charge in [-0.15, -0.1) is 0 Å². The third-order valence-electron chi connectivity index (χ3n) is 5.39. The number of hydrogen-bond acceptors (Lipinski definition) is 6. The summed E-state index contributed by atoms with van der Waals surface area (Å²) < 4.78 is 5.24. The number of nitrogens with zero attached hydrogens (tertiary/aromatic N) is 2. The van der Waals surface area contributed by atoms with E-state index in [9.17, 15) is 5.02 Å². The van der Waals surface area contributed by atoms with Gasteiger partial charge in [-0.2, -0.15) is 4.98 Å². The lowest BCUT2D eigenvalue weighted by Gasteiger charge is -2.27. The van der Waals surface area contributed by atoms with E-state index in [4.69, 9.17) is 4.65 Å². The van der Waals surface area contributed by atoms with Crippen LogP contribution in [0.25, 0.3) is 0 Å². The molecule has 2 heterocycles. The molecule has 1 aromatic carbocycles. The van der Waals surface area contributed by atoms with Crippen molar-refractivity contribution in [3.8, 4) is 0 Å². The SMILES string of the molecule is Cc1cnc(Nc2ccc3c(c2)COB3O)nc1NC1CCC(C)CC1. The van der Waals surface area contributed by atoms with Crippen LogP contribution in [0.3, 0.4) is 0 Å². The number of hydrogen-bond donors (Lipinski definition) is 3. The van der Waals surface area contributed by atoms with Gasteiger partial charge in [0, 0.05) is 23.5 Å². The Morgan fingerprint density at radius 2 is 2.04 bits per heavy atom. The van der Waals surface area contributed by atoms with Gasteiger partial charge in [0.25, 0.3) is 0 Å². The van der Waals surface area contributed by atoms with Gasteiger partial charge in [-0.05, 0) is 61.7 Å². The third-order valence-corrected chi connectivity index (χ3v) is 5.39. The summed E-state index contributed by atoms with van der Waals surface area (Å²) in [5, 5.41) is 16.6. The second kappa shape index (κ2) is 7.25. The molecule has 0 bridgehead atoms. The van der Waals surface area contributed by atoms with Crippen LogP contribution in [-0.2, 0) is 11.3 Å². The van der Waals surface area contributed by atoms with Crippen molar-refractivity contribution in [2.75, 3.05) is 10.6 Å². The van der Waals surface area contributed by atoms with Crippen LogP contribution in [-0.4, -0.2) is 28.2 Å². The minimum atomic E-state index is -0.816. The maximum atomic E-state index is 9.73. The first-order chi connectivity index (χ1) is 12.6. The van der Waals surface area contributed by atoms with E-state index >= 15 is 0 Å². The van der Waals surface area contributed by atoms with Crippen LogP contribution in [0, 0.1) is 12.8 Å². The number of aryl methyl sites for hydroxylation is 1. The highest BCUT2D eigenvalue weighted by atomic mass is 16.5. The Morgan fingerprint density at radius 1 is 1.23 bits per heavy atom. The van der Waals surface area contributed by atoms with E-state index in [0.29, 0.717) is 18.6 Å². The lowest BCUT2D eigenvalue weighted by molar-refractivity contribution is 0.275. The van der Waals surface area contributed by atoms with Crippen LogP contribution >= 0.6 is 0 Å².